The molecule has 0 radical (unpaired) electrons. The molecule has 2 unspecified atom stereocenters. The molecule has 2 rings (SSSR count). The highest BCUT2D eigenvalue weighted by Gasteiger charge is 2.05. The number of nitrogens with one attached hydrogen (secondary N) is 1. The van der Waals surface area contributed by atoms with Crippen LogP contribution in [0.25, 0.3) is 0 Å². The molecule has 2 atom stereocenters. The van der Waals surface area contributed by atoms with Gasteiger partial charge in [-0.1, -0.05) is 24.3 Å². The predicted molar refractivity (Wildman–Crippen MR) is 93.2 cm³/mol. The van der Waals surface area contributed by atoms with E-state index >= 15 is 0 Å². The van der Waals surface area contributed by atoms with Crippen molar-refractivity contribution in [2.75, 3.05) is 19.4 Å². The highest BCUT2D eigenvalue weighted by Crippen LogP contribution is 2.12. The van der Waals surface area contributed by atoms with Crippen molar-refractivity contribution >= 4 is 10.8 Å². The van der Waals surface area contributed by atoms with Gasteiger partial charge >= 0.3 is 0 Å². The largest absolute Gasteiger partial charge is 0.491 e. The first-order valence-electron chi connectivity index (χ1n) is 7.55. The van der Waals surface area contributed by atoms with Crippen molar-refractivity contribution in [1.82, 2.24) is 5.32 Å². The number of hydrogen-bond acceptors (Lipinski definition) is 4. The van der Waals surface area contributed by atoms with Gasteiger partial charge in [-0.25, -0.2) is 0 Å². The standard InChI is InChI=1S/C18H23NO3S/c1-14-4-3-5-17(10-14)22-13-16(20)12-19-11-15-6-8-18(9-7-15)23(2)21/h3-10,16,19-20H,11-13H2,1-2H3. The lowest BCUT2D eigenvalue weighted by Gasteiger charge is -2.13. The maximum Gasteiger partial charge on any atom is 0.119 e. The first-order valence-corrected chi connectivity index (χ1v) is 9.11. The normalized spacial score (nSPS) is 13.5. The highest BCUT2D eigenvalue weighted by atomic mass is 32.2. The minimum absolute atomic E-state index is 0.254. The Morgan fingerprint density at radius 3 is 2.61 bits per heavy atom. The van der Waals surface area contributed by atoms with Crippen molar-refractivity contribution in [3.05, 3.63) is 59.7 Å². The average molecular weight is 333 g/mol. The van der Waals surface area contributed by atoms with Gasteiger partial charge in [0.2, 0.25) is 0 Å². The number of rotatable bonds is 8. The van der Waals surface area contributed by atoms with Crippen LogP contribution in [0.2, 0.25) is 0 Å². The van der Waals surface area contributed by atoms with E-state index in [1.54, 1.807) is 6.26 Å². The van der Waals surface area contributed by atoms with Gasteiger partial charge in [-0.05, 0) is 42.3 Å². The molecule has 2 aromatic carbocycles. The summed E-state index contributed by atoms with van der Waals surface area (Å²) in [6, 6.07) is 15.4. The lowest BCUT2D eigenvalue weighted by atomic mass is 10.2. The molecule has 0 spiro atoms. The molecule has 0 bridgehead atoms. The van der Waals surface area contributed by atoms with Crippen LogP contribution in [0.15, 0.2) is 53.4 Å². The zero-order valence-corrected chi connectivity index (χ0v) is 14.3. The third-order valence-corrected chi connectivity index (χ3v) is 4.33. The van der Waals surface area contributed by atoms with Gasteiger partial charge in [-0.3, -0.25) is 4.21 Å². The summed E-state index contributed by atoms with van der Waals surface area (Å²) in [5, 5.41) is 13.1. The molecule has 23 heavy (non-hydrogen) atoms. The Hall–Kier alpha value is -1.69. The molecule has 0 saturated heterocycles. The maximum atomic E-state index is 11.3. The van der Waals surface area contributed by atoms with E-state index in [0.29, 0.717) is 13.1 Å². The molecule has 0 amide bonds. The monoisotopic (exact) mass is 333 g/mol. The van der Waals surface area contributed by atoms with Crippen LogP contribution in [0.1, 0.15) is 11.1 Å². The molecule has 124 valence electrons. The lowest BCUT2D eigenvalue weighted by Crippen LogP contribution is -2.31. The van der Waals surface area contributed by atoms with Crippen LogP contribution in [-0.4, -0.2) is 34.8 Å². The minimum Gasteiger partial charge on any atom is -0.491 e. The Labute approximate surface area is 140 Å². The van der Waals surface area contributed by atoms with Crippen molar-refractivity contribution in [1.29, 1.82) is 0 Å². The molecular weight excluding hydrogens is 310 g/mol. The van der Waals surface area contributed by atoms with Gasteiger partial charge in [0.25, 0.3) is 0 Å². The van der Waals surface area contributed by atoms with Crippen LogP contribution in [0.3, 0.4) is 0 Å². The van der Waals surface area contributed by atoms with E-state index in [1.807, 2.05) is 55.5 Å². The number of aliphatic hydroxyl groups is 1. The first kappa shape index (κ1) is 17.7. The molecule has 5 heteroatoms. The Bertz CT molecular complexity index is 643. The summed E-state index contributed by atoms with van der Waals surface area (Å²) in [5.74, 6) is 0.771. The Morgan fingerprint density at radius 2 is 1.96 bits per heavy atom. The van der Waals surface area contributed by atoms with E-state index < -0.39 is 16.9 Å². The van der Waals surface area contributed by atoms with E-state index in [2.05, 4.69) is 5.32 Å². The zero-order valence-electron chi connectivity index (χ0n) is 13.5. The third-order valence-electron chi connectivity index (χ3n) is 3.40. The first-order chi connectivity index (χ1) is 11.0. The summed E-state index contributed by atoms with van der Waals surface area (Å²) in [6.07, 6.45) is 1.09. The van der Waals surface area contributed by atoms with Gasteiger partial charge in [0.05, 0.1) is 0 Å². The van der Waals surface area contributed by atoms with Crippen molar-refractivity contribution in [3.63, 3.8) is 0 Å². The molecule has 0 aliphatic rings. The number of ether oxygens (including phenoxy) is 1. The summed E-state index contributed by atoms with van der Waals surface area (Å²) in [4.78, 5) is 0.820. The Kier molecular flexibility index (Phi) is 6.77. The molecule has 0 aliphatic heterocycles. The summed E-state index contributed by atoms with van der Waals surface area (Å²) in [5.41, 5.74) is 2.22. The summed E-state index contributed by atoms with van der Waals surface area (Å²) in [7, 11) is -0.950. The number of aryl methyl sites for hydroxylation is 1. The van der Waals surface area contributed by atoms with Crippen LogP contribution in [0.5, 0.6) is 5.75 Å². The third kappa shape index (κ3) is 6.14. The summed E-state index contributed by atoms with van der Waals surface area (Å²) < 4.78 is 16.9. The topological polar surface area (TPSA) is 58.6 Å². The van der Waals surface area contributed by atoms with Gasteiger partial charge in [0, 0.05) is 35.0 Å². The molecule has 2 aromatic rings. The maximum absolute atomic E-state index is 11.3. The van der Waals surface area contributed by atoms with Crippen molar-refractivity contribution < 1.29 is 14.1 Å². The van der Waals surface area contributed by atoms with Crippen molar-refractivity contribution in [2.24, 2.45) is 0 Å². The van der Waals surface area contributed by atoms with Crippen molar-refractivity contribution in [2.45, 2.75) is 24.5 Å². The van der Waals surface area contributed by atoms with E-state index in [1.165, 1.54) is 0 Å². The molecule has 0 aliphatic carbocycles. The van der Waals surface area contributed by atoms with Crippen LogP contribution < -0.4 is 10.1 Å². The van der Waals surface area contributed by atoms with Crippen LogP contribution in [0, 0.1) is 6.92 Å². The number of benzene rings is 2. The zero-order chi connectivity index (χ0) is 16.7. The van der Waals surface area contributed by atoms with Gasteiger partial charge in [0.15, 0.2) is 0 Å². The Balaban J connectivity index is 1.70. The molecule has 0 fully saturated rings. The molecular formula is C18H23NO3S. The fraction of sp³-hybridized carbons (Fsp3) is 0.333. The molecule has 0 heterocycles. The van der Waals surface area contributed by atoms with E-state index in [-0.39, 0.29) is 6.61 Å². The van der Waals surface area contributed by atoms with Gasteiger partial charge in [-0.2, -0.15) is 0 Å². The van der Waals surface area contributed by atoms with Crippen LogP contribution >= 0.6 is 0 Å². The predicted octanol–water partition coefficient (Wildman–Crippen LogP) is 2.26. The number of hydrogen-bond donors (Lipinski definition) is 2. The van der Waals surface area contributed by atoms with Gasteiger partial charge in [-0.15, -0.1) is 0 Å². The lowest BCUT2D eigenvalue weighted by molar-refractivity contribution is 0.106. The minimum atomic E-state index is -0.950. The molecule has 0 saturated carbocycles. The van der Waals surface area contributed by atoms with E-state index in [4.69, 9.17) is 4.74 Å². The van der Waals surface area contributed by atoms with Gasteiger partial charge in [0.1, 0.15) is 18.5 Å². The SMILES string of the molecule is Cc1cccc(OCC(O)CNCc2ccc(S(C)=O)cc2)c1. The quantitative estimate of drug-likeness (QED) is 0.778. The molecule has 0 aromatic heterocycles. The van der Waals surface area contributed by atoms with Gasteiger partial charge < -0.3 is 15.2 Å². The second-order valence-electron chi connectivity index (χ2n) is 5.51. The highest BCUT2D eigenvalue weighted by molar-refractivity contribution is 7.84. The van der Waals surface area contributed by atoms with E-state index in [9.17, 15) is 9.32 Å². The average Bonchev–Trinajstić information content (AvgIpc) is 2.53. The summed E-state index contributed by atoms with van der Waals surface area (Å²) >= 11 is 0. The second-order valence-corrected chi connectivity index (χ2v) is 6.89. The fourth-order valence-electron chi connectivity index (χ4n) is 2.14. The fourth-order valence-corrected chi connectivity index (χ4v) is 2.66. The Morgan fingerprint density at radius 1 is 1.22 bits per heavy atom. The smallest absolute Gasteiger partial charge is 0.119 e. The second kappa shape index (κ2) is 8.82. The van der Waals surface area contributed by atoms with Crippen LogP contribution in [0.4, 0.5) is 0 Å². The van der Waals surface area contributed by atoms with Crippen molar-refractivity contribution in [3.8, 4) is 5.75 Å². The molecule has 4 nitrogen and oxygen atoms in total. The summed E-state index contributed by atoms with van der Waals surface area (Å²) in [6.45, 7) is 3.36. The number of aliphatic hydroxyl groups excluding tert-OH is 1. The van der Waals surface area contributed by atoms with Crippen LogP contribution in [-0.2, 0) is 17.3 Å². The molecule has 2 N–H and O–H groups in total. The van der Waals surface area contributed by atoms with E-state index in [0.717, 1.165) is 21.8 Å².